The molecule has 3 aliphatic heterocycles. The highest BCUT2D eigenvalue weighted by Gasteiger charge is 2.41. The molecule has 1 saturated carbocycles. The predicted molar refractivity (Wildman–Crippen MR) is 101 cm³/mol. The van der Waals surface area contributed by atoms with E-state index < -0.39 is 18.4 Å². The van der Waals surface area contributed by atoms with E-state index in [2.05, 4.69) is 26.5 Å². The topological polar surface area (TPSA) is 77.7 Å². The van der Waals surface area contributed by atoms with Crippen LogP contribution >= 0.6 is 0 Å². The van der Waals surface area contributed by atoms with Gasteiger partial charge in [0.2, 0.25) is 5.91 Å². The number of hydrazine groups is 1. The summed E-state index contributed by atoms with van der Waals surface area (Å²) < 4.78 is 27.7. The van der Waals surface area contributed by atoms with Crippen molar-refractivity contribution < 1.29 is 18.4 Å². The maximum absolute atomic E-state index is 14.1. The lowest BCUT2D eigenvalue weighted by Gasteiger charge is -2.30. The summed E-state index contributed by atoms with van der Waals surface area (Å²) in [7, 11) is 0. The Balaban J connectivity index is 1.19. The Morgan fingerprint density at radius 1 is 1.18 bits per heavy atom. The molecule has 0 aromatic rings. The lowest BCUT2D eigenvalue weighted by molar-refractivity contribution is -0.125. The number of carbonyl (C=O) groups excluding carboxylic acids is 1. The highest BCUT2D eigenvalue weighted by atomic mass is 19.1. The third-order valence-electron chi connectivity index (χ3n) is 6.52. The van der Waals surface area contributed by atoms with E-state index >= 15 is 0 Å². The van der Waals surface area contributed by atoms with Crippen LogP contribution in [0.4, 0.5) is 8.78 Å². The third-order valence-corrected chi connectivity index (χ3v) is 6.52. The molecule has 0 aromatic carbocycles. The molecule has 1 aliphatic carbocycles. The maximum atomic E-state index is 14.1. The normalized spacial score (nSPS) is 42.6. The third kappa shape index (κ3) is 4.99. The molecule has 4 N–H and O–H groups in total. The summed E-state index contributed by atoms with van der Waals surface area (Å²) in [6.45, 7) is 3.00. The minimum absolute atomic E-state index is 0.0137. The fraction of sp³-hybridized carbons (Fsp3) is 0.947. The van der Waals surface area contributed by atoms with Gasteiger partial charge in [-0.2, -0.15) is 5.48 Å². The molecule has 0 bridgehead atoms. The summed E-state index contributed by atoms with van der Waals surface area (Å²) in [5.41, 5.74) is 6.10. The Morgan fingerprint density at radius 3 is 2.89 bits per heavy atom. The van der Waals surface area contributed by atoms with Gasteiger partial charge in [0, 0.05) is 26.1 Å². The molecule has 28 heavy (non-hydrogen) atoms. The summed E-state index contributed by atoms with van der Waals surface area (Å²) in [5, 5.41) is 8.34. The van der Waals surface area contributed by atoms with Crippen LogP contribution in [0.25, 0.3) is 0 Å². The van der Waals surface area contributed by atoms with Crippen molar-refractivity contribution in [1.29, 1.82) is 0 Å². The molecule has 7 unspecified atom stereocenters. The van der Waals surface area contributed by atoms with E-state index in [1.54, 1.807) is 0 Å². The average Bonchev–Trinajstić information content (AvgIpc) is 3.32. The van der Waals surface area contributed by atoms with Crippen LogP contribution in [0.1, 0.15) is 44.9 Å². The fourth-order valence-electron chi connectivity index (χ4n) is 4.99. The molecule has 4 fully saturated rings. The molecule has 3 heterocycles. The SMILES string of the molecule is O=C(NC1CNN(CC2CCCC(F)C2)C1)C1CC(C2NCCCC2F)ON1. The molecule has 160 valence electrons. The quantitative estimate of drug-likeness (QED) is 0.540. The zero-order valence-corrected chi connectivity index (χ0v) is 16.3. The summed E-state index contributed by atoms with van der Waals surface area (Å²) in [4.78, 5) is 18.1. The Labute approximate surface area is 165 Å². The number of amides is 1. The number of hydrogen-bond acceptors (Lipinski definition) is 6. The van der Waals surface area contributed by atoms with E-state index in [1.165, 1.54) is 0 Å². The number of hydroxylamine groups is 1. The van der Waals surface area contributed by atoms with Gasteiger partial charge < -0.3 is 10.6 Å². The van der Waals surface area contributed by atoms with Crippen LogP contribution in [0, 0.1) is 5.92 Å². The van der Waals surface area contributed by atoms with E-state index in [9.17, 15) is 13.6 Å². The van der Waals surface area contributed by atoms with Crippen molar-refractivity contribution in [3.63, 3.8) is 0 Å². The van der Waals surface area contributed by atoms with Crippen LogP contribution in [0.5, 0.6) is 0 Å². The standard InChI is InChI=1S/C19H33F2N5O2/c20-13-4-1-3-12(7-13)10-26-11-14(9-23-26)24-19(27)16-8-17(28-25-16)18-15(21)5-2-6-22-18/h12-18,22-23,25H,1-11H2,(H,24,27). The number of alkyl halides is 2. The number of carbonyl (C=O) groups is 1. The van der Waals surface area contributed by atoms with Crippen LogP contribution in [-0.2, 0) is 9.63 Å². The second kappa shape index (κ2) is 9.30. The first-order valence-electron chi connectivity index (χ1n) is 10.8. The smallest absolute Gasteiger partial charge is 0.239 e. The summed E-state index contributed by atoms with van der Waals surface area (Å²) >= 11 is 0. The maximum Gasteiger partial charge on any atom is 0.239 e. The number of nitrogens with one attached hydrogen (secondary N) is 4. The average molecular weight is 402 g/mol. The van der Waals surface area contributed by atoms with Gasteiger partial charge in [0.05, 0.1) is 18.2 Å². The van der Waals surface area contributed by atoms with Crippen LogP contribution in [0.2, 0.25) is 0 Å². The second-order valence-electron chi connectivity index (χ2n) is 8.80. The summed E-state index contributed by atoms with van der Waals surface area (Å²) in [6, 6.07) is -0.794. The lowest BCUT2D eigenvalue weighted by atomic mass is 9.88. The van der Waals surface area contributed by atoms with Crippen molar-refractivity contribution in [2.75, 3.05) is 26.2 Å². The first kappa shape index (κ1) is 20.4. The van der Waals surface area contributed by atoms with Crippen molar-refractivity contribution in [1.82, 2.24) is 26.5 Å². The first-order valence-corrected chi connectivity index (χ1v) is 10.8. The zero-order valence-electron chi connectivity index (χ0n) is 16.3. The van der Waals surface area contributed by atoms with Gasteiger partial charge in [-0.25, -0.2) is 13.8 Å². The molecule has 0 radical (unpaired) electrons. The molecule has 3 saturated heterocycles. The number of halogens is 2. The van der Waals surface area contributed by atoms with Crippen molar-refractivity contribution in [2.45, 2.75) is 81.5 Å². The Hall–Kier alpha value is -0.870. The van der Waals surface area contributed by atoms with Gasteiger partial charge in [0.25, 0.3) is 0 Å². The van der Waals surface area contributed by atoms with Crippen molar-refractivity contribution in [2.24, 2.45) is 5.92 Å². The summed E-state index contributed by atoms with van der Waals surface area (Å²) in [5.74, 6) is 0.275. The van der Waals surface area contributed by atoms with Gasteiger partial charge in [-0.15, -0.1) is 0 Å². The van der Waals surface area contributed by atoms with E-state index in [0.717, 1.165) is 32.4 Å². The molecule has 4 aliphatic rings. The summed E-state index contributed by atoms with van der Waals surface area (Å²) in [6.07, 6.45) is 3.29. The number of nitrogens with zero attached hydrogens (tertiary/aromatic N) is 1. The molecule has 9 heteroatoms. The molecular weight excluding hydrogens is 368 g/mol. The molecule has 0 spiro atoms. The molecule has 0 aromatic heterocycles. The van der Waals surface area contributed by atoms with Crippen LogP contribution < -0.4 is 21.5 Å². The fourth-order valence-corrected chi connectivity index (χ4v) is 4.99. The highest BCUT2D eigenvalue weighted by Crippen LogP contribution is 2.27. The second-order valence-corrected chi connectivity index (χ2v) is 8.80. The lowest BCUT2D eigenvalue weighted by Crippen LogP contribution is -2.50. The minimum Gasteiger partial charge on any atom is -0.349 e. The van der Waals surface area contributed by atoms with E-state index in [1.807, 2.05) is 0 Å². The largest absolute Gasteiger partial charge is 0.349 e. The monoisotopic (exact) mass is 401 g/mol. The van der Waals surface area contributed by atoms with E-state index in [4.69, 9.17) is 4.84 Å². The molecule has 7 nitrogen and oxygen atoms in total. The van der Waals surface area contributed by atoms with E-state index in [0.29, 0.717) is 44.7 Å². The van der Waals surface area contributed by atoms with Crippen molar-refractivity contribution in [3.8, 4) is 0 Å². The van der Waals surface area contributed by atoms with Crippen LogP contribution in [0.3, 0.4) is 0 Å². The van der Waals surface area contributed by atoms with Crippen LogP contribution in [0.15, 0.2) is 0 Å². The van der Waals surface area contributed by atoms with Gasteiger partial charge >= 0.3 is 0 Å². The zero-order chi connectivity index (χ0) is 19.5. The van der Waals surface area contributed by atoms with Gasteiger partial charge in [0.1, 0.15) is 18.4 Å². The van der Waals surface area contributed by atoms with Crippen molar-refractivity contribution >= 4 is 5.91 Å². The van der Waals surface area contributed by atoms with Gasteiger partial charge in [-0.05, 0) is 44.6 Å². The number of piperidine rings is 1. The molecular formula is C19H33F2N5O2. The first-order chi connectivity index (χ1) is 13.6. The van der Waals surface area contributed by atoms with Crippen molar-refractivity contribution in [3.05, 3.63) is 0 Å². The number of hydrogen-bond donors (Lipinski definition) is 4. The Bertz CT molecular complexity index is 542. The highest BCUT2D eigenvalue weighted by molar-refractivity contribution is 5.82. The molecule has 1 amide bonds. The van der Waals surface area contributed by atoms with E-state index in [-0.39, 0.29) is 24.1 Å². The minimum atomic E-state index is -0.932. The Morgan fingerprint density at radius 2 is 2.07 bits per heavy atom. The van der Waals surface area contributed by atoms with Gasteiger partial charge in [0.15, 0.2) is 0 Å². The molecule has 4 rings (SSSR count). The predicted octanol–water partition coefficient (Wildman–Crippen LogP) is 0.572. The number of rotatable bonds is 5. The molecule has 7 atom stereocenters. The Kier molecular flexibility index (Phi) is 6.78. The van der Waals surface area contributed by atoms with Crippen LogP contribution in [-0.4, -0.2) is 73.7 Å². The van der Waals surface area contributed by atoms with Gasteiger partial charge in [-0.3, -0.25) is 15.1 Å². The van der Waals surface area contributed by atoms with Gasteiger partial charge in [-0.1, -0.05) is 6.42 Å².